The van der Waals surface area contributed by atoms with Gasteiger partial charge < -0.3 is 5.32 Å². The first kappa shape index (κ1) is 14.9. The van der Waals surface area contributed by atoms with Gasteiger partial charge in [0.1, 0.15) is 5.82 Å². The van der Waals surface area contributed by atoms with Crippen LogP contribution in [0.3, 0.4) is 0 Å². The highest BCUT2D eigenvalue weighted by molar-refractivity contribution is 9.10. The highest BCUT2D eigenvalue weighted by Crippen LogP contribution is 2.25. The van der Waals surface area contributed by atoms with Gasteiger partial charge in [0.2, 0.25) is 0 Å². The maximum absolute atomic E-state index is 13.3. The number of nitrogens with one attached hydrogen (secondary N) is 1. The fraction of sp³-hybridized carbons (Fsp3) is 0. The number of halogens is 2. The highest BCUT2D eigenvalue weighted by atomic mass is 79.9. The molecule has 3 rings (SSSR count). The minimum absolute atomic E-state index is 0.265. The molecule has 0 saturated carbocycles. The van der Waals surface area contributed by atoms with Gasteiger partial charge in [-0.3, -0.25) is 4.79 Å². The van der Waals surface area contributed by atoms with Crippen LogP contribution in [-0.4, -0.2) is 5.91 Å². The fourth-order valence-corrected chi connectivity index (χ4v) is 3.17. The number of amides is 1. The quantitative estimate of drug-likeness (QED) is 0.636. The van der Waals surface area contributed by atoms with Crippen LogP contribution in [0.1, 0.15) is 10.4 Å². The predicted octanol–water partition coefficient (Wildman–Crippen LogP) is 5.57. The Balaban J connectivity index is 1.85. The highest BCUT2D eigenvalue weighted by Gasteiger charge is 2.12. The minimum atomic E-state index is -0.444. The second-order valence-electron chi connectivity index (χ2n) is 4.67. The molecule has 2 nitrogen and oxygen atoms in total. The Labute approximate surface area is 139 Å². The fourth-order valence-electron chi connectivity index (χ4n) is 2.08. The molecule has 2 aromatic carbocycles. The van der Waals surface area contributed by atoms with E-state index in [0.717, 1.165) is 11.1 Å². The summed E-state index contributed by atoms with van der Waals surface area (Å²) in [5, 5.41) is 6.85. The lowest BCUT2D eigenvalue weighted by Gasteiger charge is -2.08. The van der Waals surface area contributed by atoms with Crippen LogP contribution in [0.5, 0.6) is 0 Å². The molecular formula is C17H11BrFNOS. The van der Waals surface area contributed by atoms with Crippen LogP contribution in [0.4, 0.5) is 10.1 Å². The summed E-state index contributed by atoms with van der Waals surface area (Å²) in [6.45, 7) is 0. The van der Waals surface area contributed by atoms with Crippen molar-refractivity contribution < 1.29 is 9.18 Å². The Hall–Kier alpha value is -1.98. The van der Waals surface area contributed by atoms with Gasteiger partial charge in [-0.2, -0.15) is 11.3 Å². The summed E-state index contributed by atoms with van der Waals surface area (Å²) in [6.07, 6.45) is 0. The first-order valence-electron chi connectivity index (χ1n) is 6.52. The molecule has 0 unspecified atom stereocenters. The van der Waals surface area contributed by atoms with Gasteiger partial charge in [0.05, 0.1) is 5.56 Å². The maximum atomic E-state index is 13.3. The van der Waals surface area contributed by atoms with Crippen molar-refractivity contribution in [1.29, 1.82) is 0 Å². The summed E-state index contributed by atoms with van der Waals surface area (Å²) in [4.78, 5) is 12.3. The SMILES string of the molecule is O=C(Nc1cccc(-c2ccsc2)c1)c1cc(F)ccc1Br. The molecule has 0 spiro atoms. The van der Waals surface area contributed by atoms with Gasteiger partial charge in [-0.15, -0.1) is 0 Å². The van der Waals surface area contributed by atoms with E-state index < -0.39 is 5.82 Å². The molecule has 1 N–H and O–H groups in total. The number of benzene rings is 2. The zero-order chi connectivity index (χ0) is 15.5. The van der Waals surface area contributed by atoms with Crippen LogP contribution in [-0.2, 0) is 0 Å². The van der Waals surface area contributed by atoms with E-state index in [2.05, 4.69) is 21.2 Å². The van der Waals surface area contributed by atoms with Gasteiger partial charge in [-0.05, 0) is 74.2 Å². The van der Waals surface area contributed by atoms with Gasteiger partial charge in [0.25, 0.3) is 5.91 Å². The molecule has 1 aromatic heterocycles. The van der Waals surface area contributed by atoms with E-state index in [-0.39, 0.29) is 11.5 Å². The van der Waals surface area contributed by atoms with Gasteiger partial charge in [0.15, 0.2) is 0 Å². The molecule has 5 heteroatoms. The molecule has 0 bridgehead atoms. The average Bonchev–Trinajstić information content (AvgIpc) is 3.04. The topological polar surface area (TPSA) is 29.1 Å². The lowest BCUT2D eigenvalue weighted by Crippen LogP contribution is -2.12. The Kier molecular flexibility index (Phi) is 4.36. The lowest BCUT2D eigenvalue weighted by molar-refractivity contribution is 0.102. The first-order valence-corrected chi connectivity index (χ1v) is 8.26. The average molecular weight is 376 g/mol. The third-order valence-electron chi connectivity index (χ3n) is 3.15. The van der Waals surface area contributed by atoms with Gasteiger partial charge in [-0.25, -0.2) is 4.39 Å². The number of carbonyl (C=O) groups excluding carboxylic acids is 1. The second kappa shape index (κ2) is 6.42. The van der Waals surface area contributed by atoms with E-state index in [9.17, 15) is 9.18 Å². The molecule has 1 amide bonds. The van der Waals surface area contributed by atoms with Crippen molar-refractivity contribution in [1.82, 2.24) is 0 Å². The monoisotopic (exact) mass is 375 g/mol. The number of hydrogen-bond donors (Lipinski definition) is 1. The molecule has 1 heterocycles. The molecule has 0 aliphatic heterocycles. The van der Waals surface area contributed by atoms with Crippen LogP contribution in [0.25, 0.3) is 11.1 Å². The Morgan fingerprint density at radius 2 is 1.95 bits per heavy atom. The van der Waals surface area contributed by atoms with Crippen molar-refractivity contribution in [2.24, 2.45) is 0 Å². The molecule has 0 atom stereocenters. The van der Waals surface area contributed by atoms with Crippen molar-refractivity contribution in [3.05, 3.63) is 75.1 Å². The molecule has 0 aliphatic carbocycles. The van der Waals surface area contributed by atoms with Crippen molar-refractivity contribution in [2.45, 2.75) is 0 Å². The van der Waals surface area contributed by atoms with E-state index in [4.69, 9.17) is 0 Å². The predicted molar refractivity (Wildman–Crippen MR) is 91.8 cm³/mol. The number of carbonyl (C=O) groups is 1. The van der Waals surface area contributed by atoms with Crippen LogP contribution in [0.15, 0.2) is 63.8 Å². The third-order valence-corrected chi connectivity index (χ3v) is 4.52. The van der Waals surface area contributed by atoms with E-state index >= 15 is 0 Å². The van der Waals surface area contributed by atoms with Crippen molar-refractivity contribution >= 4 is 38.9 Å². The van der Waals surface area contributed by atoms with Crippen molar-refractivity contribution in [3.63, 3.8) is 0 Å². The molecule has 22 heavy (non-hydrogen) atoms. The van der Waals surface area contributed by atoms with Crippen LogP contribution in [0.2, 0.25) is 0 Å². The molecule has 0 saturated heterocycles. The number of rotatable bonds is 3. The zero-order valence-electron chi connectivity index (χ0n) is 11.3. The molecule has 0 aliphatic rings. The van der Waals surface area contributed by atoms with Gasteiger partial charge in [0, 0.05) is 10.2 Å². The maximum Gasteiger partial charge on any atom is 0.256 e. The van der Waals surface area contributed by atoms with Crippen molar-refractivity contribution in [2.75, 3.05) is 5.32 Å². The number of hydrogen-bond acceptors (Lipinski definition) is 2. The third kappa shape index (κ3) is 3.26. The Morgan fingerprint density at radius 1 is 1.09 bits per heavy atom. The van der Waals surface area contributed by atoms with Crippen LogP contribution < -0.4 is 5.32 Å². The molecule has 0 fully saturated rings. The summed E-state index contributed by atoms with van der Waals surface area (Å²) in [6, 6.07) is 13.6. The minimum Gasteiger partial charge on any atom is -0.322 e. The second-order valence-corrected chi connectivity index (χ2v) is 6.31. The molecule has 0 radical (unpaired) electrons. The summed E-state index contributed by atoms with van der Waals surface area (Å²) < 4.78 is 13.9. The zero-order valence-corrected chi connectivity index (χ0v) is 13.7. The van der Waals surface area contributed by atoms with E-state index in [1.54, 1.807) is 17.4 Å². The van der Waals surface area contributed by atoms with Crippen LogP contribution >= 0.6 is 27.3 Å². The van der Waals surface area contributed by atoms with Crippen LogP contribution in [0, 0.1) is 5.82 Å². The van der Waals surface area contributed by atoms with E-state index in [1.165, 1.54) is 18.2 Å². The standard InChI is InChI=1S/C17H11BrFNOS/c18-16-5-4-13(19)9-15(16)17(21)20-14-3-1-2-11(8-14)12-6-7-22-10-12/h1-10H,(H,20,21). The van der Waals surface area contributed by atoms with Gasteiger partial charge >= 0.3 is 0 Å². The smallest absolute Gasteiger partial charge is 0.256 e. The Morgan fingerprint density at radius 3 is 2.73 bits per heavy atom. The molecule has 3 aromatic rings. The normalized spacial score (nSPS) is 10.5. The first-order chi connectivity index (χ1) is 10.6. The molecule has 110 valence electrons. The number of anilines is 1. The Bertz CT molecular complexity index is 817. The molecular weight excluding hydrogens is 365 g/mol. The van der Waals surface area contributed by atoms with E-state index in [1.807, 2.05) is 35.0 Å². The summed E-state index contributed by atoms with van der Waals surface area (Å²) in [7, 11) is 0. The number of thiophene rings is 1. The summed E-state index contributed by atoms with van der Waals surface area (Å²) in [5.41, 5.74) is 3.07. The van der Waals surface area contributed by atoms with E-state index in [0.29, 0.717) is 10.2 Å². The summed E-state index contributed by atoms with van der Waals surface area (Å²) >= 11 is 4.88. The summed E-state index contributed by atoms with van der Waals surface area (Å²) in [5.74, 6) is -0.797. The lowest BCUT2D eigenvalue weighted by atomic mass is 10.1. The largest absolute Gasteiger partial charge is 0.322 e. The van der Waals surface area contributed by atoms with Gasteiger partial charge in [-0.1, -0.05) is 12.1 Å². The van der Waals surface area contributed by atoms with Crippen molar-refractivity contribution in [3.8, 4) is 11.1 Å².